The first-order chi connectivity index (χ1) is 5.36. The quantitative estimate of drug-likeness (QED) is 0.745. The number of nitrogens with zero attached hydrogens (tertiary/aromatic N) is 2. The molecule has 62 valence electrons. The number of hydrogen-bond donors (Lipinski definition) is 1. The van der Waals surface area contributed by atoms with Gasteiger partial charge in [-0.1, -0.05) is 5.16 Å². The second kappa shape index (κ2) is 4.23. The van der Waals surface area contributed by atoms with Gasteiger partial charge in [0, 0.05) is 6.54 Å². The summed E-state index contributed by atoms with van der Waals surface area (Å²) in [6, 6.07) is 0.511. The van der Waals surface area contributed by atoms with Crippen LogP contribution in [0.25, 0.3) is 0 Å². The van der Waals surface area contributed by atoms with Gasteiger partial charge in [0.25, 0.3) is 0 Å². The molecule has 1 aromatic rings. The molecule has 0 saturated carbocycles. The number of thioether (sulfide) groups is 1. The van der Waals surface area contributed by atoms with E-state index in [1.165, 1.54) is 0 Å². The molecule has 0 saturated heterocycles. The zero-order valence-electron chi connectivity index (χ0n) is 6.63. The first-order valence-corrected chi connectivity index (χ1v) is 4.81. The van der Waals surface area contributed by atoms with E-state index in [9.17, 15) is 0 Å². The van der Waals surface area contributed by atoms with Crippen molar-refractivity contribution in [3.63, 3.8) is 0 Å². The van der Waals surface area contributed by atoms with Crippen LogP contribution >= 0.6 is 11.8 Å². The molecule has 0 atom stereocenters. The molecule has 0 aliphatic rings. The van der Waals surface area contributed by atoms with Gasteiger partial charge < -0.3 is 9.84 Å². The van der Waals surface area contributed by atoms with Crippen molar-refractivity contribution in [3.05, 3.63) is 5.82 Å². The van der Waals surface area contributed by atoms with E-state index in [-0.39, 0.29) is 0 Å². The highest BCUT2D eigenvalue weighted by Crippen LogP contribution is 2.07. The lowest BCUT2D eigenvalue weighted by molar-refractivity contribution is 0.425. The van der Waals surface area contributed by atoms with E-state index in [4.69, 9.17) is 4.52 Å². The molecule has 0 spiro atoms. The minimum Gasteiger partial charge on any atom is -0.338 e. The third-order valence-corrected chi connectivity index (χ3v) is 1.62. The van der Waals surface area contributed by atoms with E-state index in [1.807, 2.05) is 13.2 Å². The fourth-order valence-electron chi connectivity index (χ4n) is 0.665. The molecule has 0 aromatic carbocycles. The van der Waals surface area contributed by atoms with E-state index < -0.39 is 0 Å². The van der Waals surface area contributed by atoms with Crippen molar-refractivity contribution in [3.8, 4) is 0 Å². The molecule has 0 unspecified atom stereocenters. The maximum Gasteiger partial charge on any atom is 0.321 e. The Labute approximate surface area is 69.7 Å². The topological polar surface area (TPSA) is 51.0 Å². The fraction of sp³-hybridized carbons (Fsp3) is 0.667. The van der Waals surface area contributed by atoms with Gasteiger partial charge >= 0.3 is 6.01 Å². The van der Waals surface area contributed by atoms with Crippen LogP contribution < -0.4 is 5.32 Å². The Morgan fingerprint density at radius 1 is 1.64 bits per heavy atom. The zero-order valence-corrected chi connectivity index (χ0v) is 7.44. The van der Waals surface area contributed by atoms with Crippen molar-refractivity contribution < 1.29 is 4.52 Å². The Kier molecular flexibility index (Phi) is 3.22. The molecule has 0 bridgehead atoms. The highest BCUT2D eigenvalue weighted by Gasteiger charge is 2.02. The van der Waals surface area contributed by atoms with Gasteiger partial charge in [0.2, 0.25) is 0 Å². The molecule has 1 aromatic heterocycles. The van der Waals surface area contributed by atoms with E-state index in [2.05, 4.69) is 15.5 Å². The van der Waals surface area contributed by atoms with Gasteiger partial charge in [-0.05, 0) is 13.2 Å². The van der Waals surface area contributed by atoms with Crippen LogP contribution in [-0.2, 0) is 5.75 Å². The van der Waals surface area contributed by atoms with Crippen molar-refractivity contribution >= 4 is 17.8 Å². The summed E-state index contributed by atoms with van der Waals surface area (Å²) in [5.74, 6) is 1.54. The molecular formula is C6H11N3OS. The van der Waals surface area contributed by atoms with Crippen LogP contribution in [0.5, 0.6) is 0 Å². The molecule has 5 heteroatoms. The first kappa shape index (κ1) is 8.39. The maximum absolute atomic E-state index is 4.87. The van der Waals surface area contributed by atoms with Crippen LogP contribution in [0, 0.1) is 0 Å². The number of anilines is 1. The Hall–Kier alpha value is -0.710. The highest BCUT2D eigenvalue weighted by molar-refractivity contribution is 7.97. The number of rotatable bonds is 4. The largest absolute Gasteiger partial charge is 0.338 e. The van der Waals surface area contributed by atoms with Gasteiger partial charge in [0.05, 0.1) is 5.75 Å². The summed E-state index contributed by atoms with van der Waals surface area (Å²) in [5, 5.41) is 6.69. The molecule has 11 heavy (non-hydrogen) atoms. The number of aromatic nitrogens is 2. The van der Waals surface area contributed by atoms with Gasteiger partial charge in [-0.25, -0.2) is 0 Å². The lowest BCUT2D eigenvalue weighted by Gasteiger charge is -1.89. The molecule has 0 aliphatic carbocycles. The van der Waals surface area contributed by atoms with Crippen LogP contribution in [0.1, 0.15) is 12.7 Å². The second-order valence-electron chi connectivity index (χ2n) is 1.98. The summed E-state index contributed by atoms with van der Waals surface area (Å²) in [6.07, 6.45) is 2.00. The van der Waals surface area contributed by atoms with Gasteiger partial charge in [-0.3, -0.25) is 0 Å². The summed E-state index contributed by atoms with van der Waals surface area (Å²) in [5.41, 5.74) is 0. The molecule has 1 N–H and O–H groups in total. The molecule has 0 fully saturated rings. The molecule has 0 aliphatic heterocycles. The minimum atomic E-state index is 0.511. The predicted molar refractivity (Wildman–Crippen MR) is 45.7 cm³/mol. The second-order valence-corrected chi connectivity index (χ2v) is 2.85. The number of hydrogen-bond acceptors (Lipinski definition) is 5. The minimum absolute atomic E-state index is 0.511. The Bertz CT molecular complexity index is 193. The van der Waals surface area contributed by atoms with E-state index in [1.54, 1.807) is 11.8 Å². The third kappa shape index (κ3) is 2.42. The summed E-state index contributed by atoms with van der Waals surface area (Å²) in [6.45, 7) is 2.79. The Morgan fingerprint density at radius 2 is 2.45 bits per heavy atom. The van der Waals surface area contributed by atoms with Crippen molar-refractivity contribution in [2.24, 2.45) is 0 Å². The molecular weight excluding hydrogens is 162 g/mol. The van der Waals surface area contributed by atoms with Crippen LogP contribution in [0.2, 0.25) is 0 Å². The van der Waals surface area contributed by atoms with E-state index in [0.29, 0.717) is 6.01 Å². The van der Waals surface area contributed by atoms with Gasteiger partial charge in [-0.15, -0.1) is 0 Å². The zero-order chi connectivity index (χ0) is 8.10. The summed E-state index contributed by atoms with van der Waals surface area (Å²) < 4.78 is 4.87. The number of nitrogens with one attached hydrogen (secondary N) is 1. The molecule has 4 nitrogen and oxygen atoms in total. The van der Waals surface area contributed by atoms with Crippen molar-refractivity contribution in [1.82, 2.24) is 10.1 Å². The van der Waals surface area contributed by atoms with Crippen LogP contribution in [0.4, 0.5) is 6.01 Å². The SMILES string of the molecule is CCNc1nc(CSC)no1. The summed E-state index contributed by atoms with van der Waals surface area (Å²) >= 11 is 1.67. The molecule has 1 rings (SSSR count). The van der Waals surface area contributed by atoms with Crippen LogP contribution in [0.15, 0.2) is 4.52 Å². The normalized spacial score (nSPS) is 10.0. The highest BCUT2D eigenvalue weighted by atomic mass is 32.2. The molecule has 1 heterocycles. The monoisotopic (exact) mass is 173 g/mol. The molecule has 0 radical (unpaired) electrons. The lowest BCUT2D eigenvalue weighted by atomic mass is 10.7. The van der Waals surface area contributed by atoms with E-state index >= 15 is 0 Å². The average molecular weight is 173 g/mol. The standard InChI is InChI=1S/C6H11N3OS/c1-3-7-6-8-5(4-11-2)9-10-6/h3-4H2,1-2H3,(H,7,8,9). The van der Waals surface area contributed by atoms with Crippen LogP contribution in [-0.4, -0.2) is 22.9 Å². The van der Waals surface area contributed by atoms with Crippen molar-refractivity contribution in [2.75, 3.05) is 18.1 Å². The smallest absolute Gasteiger partial charge is 0.321 e. The fourth-order valence-corrected chi connectivity index (χ4v) is 1.04. The Morgan fingerprint density at radius 3 is 3.09 bits per heavy atom. The predicted octanol–water partition coefficient (Wildman–Crippen LogP) is 1.36. The van der Waals surface area contributed by atoms with Crippen molar-refractivity contribution in [2.45, 2.75) is 12.7 Å². The maximum atomic E-state index is 4.87. The van der Waals surface area contributed by atoms with Crippen LogP contribution in [0.3, 0.4) is 0 Å². The molecule has 0 amide bonds. The lowest BCUT2D eigenvalue weighted by Crippen LogP contribution is -1.96. The van der Waals surface area contributed by atoms with Gasteiger partial charge in [-0.2, -0.15) is 16.7 Å². The van der Waals surface area contributed by atoms with Gasteiger partial charge in [0.1, 0.15) is 0 Å². The van der Waals surface area contributed by atoms with Crippen molar-refractivity contribution in [1.29, 1.82) is 0 Å². The summed E-state index contributed by atoms with van der Waals surface area (Å²) in [7, 11) is 0. The van der Waals surface area contributed by atoms with Gasteiger partial charge in [0.15, 0.2) is 5.82 Å². The first-order valence-electron chi connectivity index (χ1n) is 3.42. The summed E-state index contributed by atoms with van der Waals surface area (Å²) in [4.78, 5) is 4.08. The Balaban J connectivity index is 2.51. The average Bonchev–Trinajstić information content (AvgIpc) is 2.38. The third-order valence-electron chi connectivity index (χ3n) is 1.07. The van der Waals surface area contributed by atoms with E-state index in [0.717, 1.165) is 18.1 Å².